The maximum absolute atomic E-state index is 11.7. The normalized spacial score (nSPS) is 10.7. The molecule has 2 N–H and O–H groups in total. The number of nitrogens with one attached hydrogen (secondary N) is 2. The van der Waals surface area contributed by atoms with Gasteiger partial charge in [-0.3, -0.25) is 40.5 Å². The van der Waals surface area contributed by atoms with Crippen LogP contribution in [-0.2, 0) is 9.68 Å². The minimum atomic E-state index is -1.10. The Morgan fingerprint density at radius 2 is 1.19 bits per heavy atom. The molecule has 14 nitrogen and oxygen atoms in total. The van der Waals surface area contributed by atoms with Gasteiger partial charge in [-0.1, -0.05) is 22.4 Å². The van der Waals surface area contributed by atoms with E-state index in [4.69, 9.17) is 0 Å². The molecule has 32 heavy (non-hydrogen) atoms. The molecule has 2 amide bonds. The molecule has 166 valence electrons. The fourth-order valence-electron chi connectivity index (χ4n) is 2.27. The van der Waals surface area contributed by atoms with Crippen LogP contribution in [0.25, 0.3) is 0 Å². The van der Waals surface area contributed by atoms with E-state index in [9.17, 15) is 29.8 Å². The fourth-order valence-corrected chi connectivity index (χ4v) is 2.27. The highest BCUT2D eigenvalue weighted by Crippen LogP contribution is 2.26. The van der Waals surface area contributed by atoms with E-state index in [2.05, 4.69) is 30.6 Å². The molecule has 0 aromatic heterocycles. The highest BCUT2D eigenvalue weighted by atomic mass is 16.7. The fraction of sp³-hybridized carbons (Fsp3) is 0.111. The zero-order valence-corrected chi connectivity index (χ0v) is 16.7. The Hall–Kier alpha value is -4.88. The first-order chi connectivity index (χ1) is 15.2. The molecule has 0 unspecified atom stereocenters. The van der Waals surface area contributed by atoms with Crippen molar-refractivity contribution in [2.24, 2.45) is 10.3 Å². The van der Waals surface area contributed by atoms with Crippen LogP contribution in [0.4, 0.5) is 32.3 Å². The molecule has 0 radical (unpaired) electrons. The topological polar surface area (TPSA) is 188 Å². The number of nitro groups is 2. The van der Waals surface area contributed by atoms with Gasteiger partial charge in [-0.15, -0.1) is 0 Å². The maximum Gasteiger partial charge on any atom is 0.438 e. The van der Waals surface area contributed by atoms with E-state index in [1.54, 1.807) is 26.0 Å². The number of amides is 2. The molecule has 0 saturated carbocycles. The molecule has 0 atom stereocenters. The molecule has 2 aromatic carbocycles. The quantitative estimate of drug-likeness (QED) is 0.278. The molecular weight excluding hydrogens is 428 g/mol. The largest absolute Gasteiger partial charge is 0.438 e. The van der Waals surface area contributed by atoms with Gasteiger partial charge in [0.2, 0.25) is 0 Å². The van der Waals surface area contributed by atoms with Gasteiger partial charge in [0.25, 0.3) is 11.4 Å². The summed E-state index contributed by atoms with van der Waals surface area (Å²) in [5, 5.41) is 32.8. The van der Waals surface area contributed by atoms with Gasteiger partial charge in [0.05, 0.1) is 22.3 Å². The molecule has 2 rings (SSSR count). The number of oxime groups is 2. The van der Waals surface area contributed by atoms with Gasteiger partial charge in [0, 0.05) is 12.1 Å². The van der Waals surface area contributed by atoms with Crippen LogP contribution in [0.3, 0.4) is 0 Å². The Balaban J connectivity index is 1.83. The van der Waals surface area contributed by atoms with Crippen molar-refractivity contribution in [3.63, 3.8) is 0 Å². The van der Waals surface area contributed by atoms with E-state index in [1.165, 1.54) is 24.3 Å². The van der Waals surface area contributed by atoms with Gasteiger partial charge in [-0.05, 0) is 37.1 Å². The first-order valence-electron chi connectivity index (χ1n) is 8.68. The highest BCUT2D eigenvalue weighted by molar-refractivity contribution is 6.15. The van der Waals surface area contributed by atoms with Crippen molar-refractivity contribution >= 4 is 47.4 Å². The third-order valence-corrected chi connectivity index (χ3v) is 3.63. The third kappa shape index (κ3) is 6.87. The van der Waals surface area contributed by atoms with Crippen LogP contribution in [0.15, 0.2) is 46.7 Å². The van der Waals surface area contributed by atoms with Crippen LogP contribution in [0.1, 0.15) is 11.1 Å². The zero-order chi connectivity index (χ0) is 23.7. The number of carbonyl (C=O) groups excluding carboxylic acids is 2. The van der Waals surface area contributed by atoms with E-state index in [1.807, 2.05) is 0 Å². The second kappa shape index (κ2) is 10.8. The Kier molecular flexibility index (Phi) is 7.88. The molecule has 0 aliphatic heterocycles. The number of carbonyl (C=O) groups is 2. The minimum absolute atomic E-state index is 0.0836. The van der Waals surface area contributed by atoms with Crippen LogP contribution < -0.4 is 10.6 Å². The lowest BCUT2D eigenvalue weighted by atomic mass is 10.2. The van der Waals surface area contributed by atoms with Crippen LogP contribution in [-0.4, -0.2) is 34.5 Å². The van der Waals surface area contributed by atoms with Crippen molar-refractivity contribution in [2.45, 2.75) is 13.8 Å². The summed E-state index contributed by atoms with van der Waals surface area (Å²) in [6.45, 7) is 3.31. The first kappa shape index (κ1) is 23.4. The number of anilines is 2. The Bertz CT molecular complexity index is 1030. The number of rotatable bonds is 7. The number of hydrogen-bond acceptors (Lipinski definition) is 10. The van der Waals surface area contributed by atoms with E-state index >= 15 is 0 Å². The molecule has 0 saturated heterocycles. The molecule has 0 bridgehead atoms. The molecule has 2 aromatic rings. The number of aryl methyl sites for hydroxylation is 2. The van der Waals surface area contributed by atoms with Crippen LogP contribution in [0.2, 0.25) is 0 Å². The molecular formula is C18H16N6O8. The lowest BCUT2D eigenvalue weighted by Gasteiger charge is -2.04. The summed E-state index contributed by atoms with van der Waals surface area (Å²) >= 11 is 0. The van der Waals surface area contributed by atoms with Gasteiger partial charge in [0.1, 0.15) is 11.4 Å². The first-order valence-corrected chi connectivity index (χ1v) is 8.68. The monoisotopic (exact) mass is 444 g/mol. The van der Waals surface area contributed by atoms with Crippen molar-refractivity contribution < 1.29 is 29.1 Å². The smallest absolute Gasteiger partial charge is 0.298 e. The van der Waals surface area contributed by atoms with Crippen LogP contribution >= 0.6 is 0 Å². The predicted molar refractivity (Wildman–Crippen MR) is 113 cm³/mol. The van der Waals surface area contributed by atoms with E-state index in [0.717, 1.165) is 12.4 Å². The van der Waals surface area contributed by atoms with Crippen molar-refractivity contribution in [1.82, 2.24) is 0 Å². The molecule has 0 aliphatic rings. The summed E-state index contributed by atoms with van der Waals surface area (Å²) < 4.78 is 0. The highest BCUT2D eigenvalue weighted by Gasteiger charge is 2.17. The van der Waals surface area contributed by atoms with Crippen molar-refractivity contribution in [2.75, 3.05) is 10.6 Å². The van der Waals surface area contributed by atoms with Crippen molar-refractivity contribution in [3.8, 4) is 0 Å². The zero-order valence-electron chi connectivity index (χ0n) is 16.7. The SMILES string of the molecule is Cc1ccc(NC(=O)O/N=C\C=N\OC(=O)Nc2ccc(C)cc2[N+](=O)[O-])c([N+](=O)[O-])c1. The summed E-state index contributed by atoms with van der Waals surface area (Å²) in [6, 6.07) is 8.35. The van der Waals surface area contributed by atoms with Crippen LogP contribution in [0, 0.1) is 34.1 Å². The number of nitro benzene ring substituents is 2. The van der Waals surface area contributed by atoms with E-state index < -0.39 is 22.0 Å². The standard InChI is InChI=1S/C18H16N6O8/c1-11-3-5-13(15(9-11)23(27)28)21-17(25)31-19-7-8-20-32-18(26)22-14-6-4-12(2)10-16(14)24(29)30/h3-10H,1-2H3,(H,21,25)(H,22,26)/b19-7-,20-8+. The summed E-state index contributed by atoms with van der Waals surface area (Å²) in [4.78, 5) is 52.9. The number of hydrogen-bond donors (Lipinski definition) is 2. The molecule has 0 fully saturated rings. The minimum Gasteiger partial charge on any atom is -0.298 e. The number of benzene rings is 2. The van der Waals surface area contributed by atoms with Gasteiger partial charge in [0.15, 0.2) is 0 Å². The third-order valence-electron chi connectivity index (χ3n) is 3.63. The second-order valence-electron chi connectivity index (χ2n) is 6.07. The second-order valence-corrected chi connectivity index (χ2v) is 6.07. The molecule has 0 spiro atoms. The summed E-state index contributed by atoms with van der Waals surface area (Å²) in [6.07, 6.45) is -0.506. The predicted octanol–water partition coefficient (Wildman–Crippen LogP) is 3.89. The summed E-state index contributed by atoms with van der Waals surface area (Å²) in [5.74, 6) is 0. The molecule has 0 aliphatic carbocycles. The van der Waals surface area contributed by atoms with E-state index in [0.29, 0.717) is 11.1 Å². The average Bonchev–Trinajstić information content (AvgIpc) is 2.72. The lowest BCUT2D eigenvalue weighted by molar-refractivity contribution is -0.384. The van der Waals surface area contributed by atoms with Gasteiger partial charge in [-0.2, -0.15) is 0 Å². The van der Waals surface area contributed by atoms with Crippen molar-refractivity contribution in [1.29, 1.82) is 0 Å². The van der Waals surface area contributed by atoms with Gasteiger partial charge in [-0.25, -0.2) is 9.59 Å². The van der Waals surface area contributed by atoms with Gasteiger partial charge < -0.3 is 0 Å². The summed E-state index contributed by atoms with van der Waals surface area (Å²) in [7, 11) is 0. The molecule has 14 heteroatoms. The van der Waals surface area contributed by atoms with Gasteiger partial charge >= 0.3 is 12.2 Å². The van der Waals surface area contributed by atoms with E-state index in [-0.39, 0.29) is 22.7 Å². The average molecular weight is 444 g/mol. The maximum atomic E-state index is 11.7. The Morgan fingerprint density at radius 1 is 0.812 bits per heavy atom. The summed E-state index contributed by atoms with van der Waals surface area (Å²) in [5.41, 5.74) is 0.456. The number of nitrogens with zero attached hydrogens (tertiary/aromatic N) is 4. The van der Waals surface area contributed by atoms with Crippen molar-refractivity contribution in [3.05, 3.63) is 67.8 Å². The Labute approximate surface area is 179 Å². The lowest BCUT2D eigenvalue weighted by Crippen LogP contribution is -2.13. The van der Waals surface area contributed by atoms with Crippen LogP contribution in [0.5, 0.6) is 0 Å². The molecule has 0 heterocycles. The Morgan fingerprint density at radius 3 is 1.53 bits per heavy atom.